The van der Waals surface area contributed by atoms with E-state index >= 15 is 0 Å². The first-order valence-corrected chi connectivity index (χ1v) is 13.4. The van der Waals surface area contributed by atoms with Gasteiger partial charge in [0.2, 0.25) is 5.69 Å². The van der Waals surface area contributed by atoms with Crippen molar-refractivity contribution in [2.75, 3.05) is 43.3 Å². The fourth-order valence-electron chi connectivity index (χ4n) is 3.59. The summed E-state index contributed by atoms with van der Waals surface area (Å²) >= 11 is 2.84. The molecule has 0 aliphatic heterocycles. The largest absolute Gasteiger partial charge is 0.491 e. The molecule has 0 bridgehead atoms. The van der Waals surface area contributed by atoms with Crippen LogP contribution in [0.4, 0.5) is 28.0 Å². The first kappa shape index (κ1) is 26.8. The summed E-state index contributed by atoms with van der Waals surface area (Å²) in [5.74, 6) is 1.12. The molecule has 38 heavy (non-hydrogen) atoms. The van der Waals surface area contributed by atoms with Crippen LogP contribution in [0.3, 0.4) is 0 Å². The fourth-order valence-corrected chi connectivity index (χ4v) is 5.32. The highest BCUT2D eigenvalue weighted by atomic mass is 32.2. The first-order valence-electron chi connectivity index (χ1n) is 11.5. The van der Waals surface area contributed by atoms with Gasteiger partial charge in [-0.05, 0) is 42.0 Å². The maximum absolute atomic E-state index is 10.0. The highest BCUT2D eigenvalue weighted by molar-refractivity contribution is 7.98. The Hall–Kier alpha value is -4.29. The van der Waals surface area contributed by atoms with Crippen molar-refractivity contribution in [3.63, 3.8) is 0 Å². The number of benzene rings is 2. The Morgan fingerprint density at radius 3 is 2.55 bits per heavy atom. The summed E-state index contributed by atoms with van der Waals surface area (Å²) in [5, 5.41) is 25.5. The molecule has 0 saturated carbocycles. The molecule has 4 rings (SSSR count). The molecular formula is C27H25N7O2S2. The van der Waals surface area contributed by atoms with E-state index in [2.05, 4.69) is 26.2 Å². The number of nitrogens with two attached hydrogens (primary N) is 1. The van der Waals surface area contributed by atoms with Gasteiger partial charge in [0.25, 0.3) is 0 Å². The quantitative estimate of drug-likeness (QED) is 0.171. The number of anilines is 4. The second-order valence-corrected chi connectivity index (χ2v) is 10.0. The number of ether oxygens (including phenoxy) is 1. The molecule has 0 aliphatic carbocycles. The highest BCUT2D eigenvalue weighted by Gasteiger charge is 2.21. The molecule has 11 heteroatoms. The second kappa shape index (κ2) is 12.3. The van der Waals surface area contributed by atoms with Crippen molar-refractivity contribution < 1.29 is 9.84 Å². The van der Waals surface area contributed by atoms with Crippen molar-refractivity contribution in [3.05, 3.63) is 76.6 Å². The zero-order chi connectivity index (χ0) is 27.1. The monoisotopic (exact) mass is 543 g/mol. The number of aromatic nitrogens is 2. The zero-order valence-electron chi connectivity index (χ0n) is 20.8. The number of thiazole rings is 1. The Morgan fingerprint density at radius 2 is 1.92 bits per heavy atom. The Balaban J connectivity index is 1.54. The van der Waals surface area contributed by atoms with Gasteiger partial charge in [0, 0.05) is 42.2 Å². The third-order valence-electron chi connectivity index (χ3n) is 5.44. The molecule has 0 aliphatic rings. The molecule has 0 unspecified atom stereocenters. The maximum Gasteiger partial charge on any atom is 0.236 e. The molecule has 0 atom stereocenters. The molecular weight excluding hydrogens is 518 g/mol. The summed E-state index contributed by atoms with van der Waals surface area (Å²) in [6, 6.07) is 17.3. The highest BCUT2D eigenvalue weighted by Crippen LogP contribution is 2.42. The third-order valence-corrected chi connectivity index (χ3v) is 7.25. The van der Waals surface area contributed by atoms with Crippen LogP contribution in [0.15, 0.2) is 58.9 Å². The molecule has 0 fully saturated rings. The number of nitriles is 1. The van der Waals surface area contributed by atoms with E-state index in [-0.39, 0.29) is 30.3 Å². The predicted octanol–water partition coefficient (Wildman–Crippen LogP) is 5.68. The lowest BCUT2D eigenvalue weighted by atomic mass is 10.00. The minimum atomic E-state index is -0.0932. The van der Waals surface area contributed by atoms with Crippen LogP contribution in [0, 0.1) is 17.9 Å². The van der Waals surface area contributed by atoms with E-state index in [0.29, 0.717) is 27.7 Å². The van der Waals surface area contributed by atoms with E-state index in [1.54, 1.807) is 24.3 Å². The normalized spacial score (nSPS) is 10.4. The summed E-state index contributed by atoms with van der Waals surface area (Å²) in [6.07, 6.45) is 0. The van der Waals surface area contributed by atoms with Crippen molar-refractivity contribution in [1.29, 1.82) is 5.26 Å². The number of hydrogen-bond donors (Lipinski definition) is 3. The fraction of sp³-hybridized carbons (Fsp3) is 0.185. The lowest BCUT2D eigenvalue weighted by Crippen LogP contribution is -2.08. The number of pyridine rings is 1. The summed E-state index contributed by atoms with van der Waals surface area (Å²) in [6.45, 7) is 7.72. The van der Waals surface area contributed by atoms with Crippen LogP contribution in [0.25, 0.3) is 16.0 Å². The SMILES string of the molecule is [C-]#[N+]c1c(N)nc(SCc2csc(Nc3ccc(N(C)C)cc3)n2)c(C#N)c1-c1ccc(OCCO)cc1. The van der Waals surface area contributed by atoms with Gasteiger partial charge in [-0.15, -0.1) is 11.3 Å². The topological polar surface area (TPSA) is 125 Å². The van der Waals surface area contributed by atoms with Gasteiger partial charge in [-0.2, -0.15) is 5.26 Å². The van der Waals surface area contributed by atoms with Gasteiger partial charge in [0.1, 0.15) is 29.3 Å². The smallest absolute Gasteiger partial charge is 0.236 e. The van der Waals surface area contributed by atoms with E-state index in [4.69, 9.17) is 22.1 Å². The number of nitrogens with zero attached hydrogens (tertiary/aromatic N) is 5. The van der Waals surface area contributed by atoms with Gasteiger partial charge < -0.3 is 25.8 Å². The summed E-state index contributed by atoms with van der Waals surface area (Å²) in [5.41, 5.74) is 10.5. The van der Waals surface area contributed by atoms with Crippen molar-refractivity contribution >= 4 is 51.1 Å². The molecule has 2 aromatic carbocycles. The van der Waals surface area contributed by atoms with Crippen LogP contribution >= 0.6 is 23.1 Å². The van der Waals surface area contributed by atoms with Gasteiger partial charge in [-0.1, -0.05) is 23.9 Å². The molecule has 4 aromatic rings. The van der Waals surface area contributed by atoms with Gasteiger partial charge >= 0.3 is 0 Å². The van der Waals surface area contributed by atoms with Gasteiger partial charge in [-0.3, -0.25) is 0 Å². The standard InChI is InChI=1S/C27H25N7O2S2/c1-30-24-23(17-4-10-21(11-5-17)36-13-12-35)22(14-28)26(33-25(24)29)37-15-19-16-38-27(32-19)31-18-6-8-20(9-7-18)34(2)3/h4-11,16,35H,12-13,15H2,2-3H3,(H2,29,33)(H,31,32). The van der Waals surface area contributed by atoms with Gasteiger partial charge in [-0.25, -0.2) is 14.8 Å². The zero-order valence-corrected chi connectivity index (χ0v) is 22.4. The van der Waals surface area contributed by atoms with Crippen LogP contribution < -0.4 is 20.7 Å². The van der Waals surface area contributed by atoms with Gasteiger partial charge in [0.05, 0.1) is 24.4 Å². The average Bonchev–Trinajstić information content (AvgIpc) is 3.38. The molecule has 4 N–H and O–H groups in total. The van der Waals surface area contributed by atoms with Crippen LogP contribution in [0.1, 0.15) is 11.3 Å². The van der Waals surface area contributed by atoms with E-state index < -0.39 is 0 Å². The summed E-state index contributed by atoms with van der Waals surface area (Å²) in [4.78, 5) is 14.6. The number of hydrogen-bond acceptors (Lipinski definition) is 10. The van der Waals surface area contributed by atoms with Crippen molar-refractivity contribution in [2.24, 2.45) is 0 Å². The number of nitrogens with one attached hydrogen (secondary N) is 1. The third kappa shape index (κ3) is 6.15. The van der Waals surface area contributed by atoms with Crippen molar-refractivity contribution in [2.45, 2.75) is 10.8 Å². The van der Waals surface area contributed by atoms with E-state index in [0.717, 1.165) is 22.2 Å². The molecule has 2 heterocycles. The summed E-state index contributed by atoms with van der Waals surface area (Å²) < 4.78 is 5.42. The molecule has 192 valence electrons. The summed E-state index contributed by atoms with van der Waals surface area (Å²) in [7, 11) is 3.99. The van der Waals surface area contributed by atoms with Gasteiger partial charge in [0.15, 0.2) is 5.13 Å². The Kier molecular flexibility index (Phi) is 8.66. The van der Waals surface area contributed by atoms with Crippen molar-refractivity contribution in [1.82, 2.24) is 9.97 Å². The lowest BCUT2D eigenvalue weighted by Gasteiger charge is -2.13. The maximum atomic E-state index is 10.0. The molecule has 2 aromatic heterocycles. The van der Waals surface area contributed by atoms with Crippen molar-refractivity contribution in [3.8, 4) is 22.9 Å². The van der Waals surface area contributed by atoms with Crippen LogP contribution in [-0.2, 0) is 5.75 Å². The molecule has 0 amide bonds. The molecule has 0 radical (unpaired) electrons. The second-order valence-electron chi connectivity index (χ2n) is 8.22. The van der Waals surface area contributed by atoms with Crippen LogP contribution in [0.5, 0.6) is 5.75 Å². The van der Waals surface area contributed by atoms with E-state index in [1.165, 1.54) is 23.1 Å². The Morgan fingerprint density at radius 1 is 1.18 bits per heavy atom. The average molecular weight is 544 g/mol. The predicted molar refractivity (Wildman–Crippen MR) is 153 cm³/mol. The Labute approximate surface area is 229 Å². The minimum Gasteiger partial charge on any atom is -0.491 e. The minimum absolute atomic E-state index is 0.0684. The first-order chi connectivity index (χ1) is 18.4. The number of aliphatic hydroxyl groups excluding tert-OH is 1. The number of nitrogen functional groups attached to an aromatic ring is 1. The molecule has 0 saturated heterocycles. The number of thioether (sulfide) groups is 1. The van der Waals surface area contributed by atoms with E-state index in [1.807, 2.05) is 48.6 Å². The number of rotatable bonds is 10. The van der Waals surface area contributed by atoms with Crippen LogP contribution in [-0.4, -0.2) is 42.4 Å². The lowest BCUT2D eigenvalue weighted by molar-refractivity contribution is 0.201. The van der Waals surface area contributed by atoms with E-state index in [9.17, 15) is 5.26 Å². The number of aliphatic hydroxyl groups is 1. The Bertz CT molecular complexity index is 1490. The van der Waals surface area contributed by atoms with Crippen LogP contribution in [0.2, 0.25) is 0 Å². The molecule has 9 nitrogen and oxygen atoms in total. The molecule has 0 spiro atoms.